The zero-order valence-electron chi connectivity index (χ0n) is 20.7. The summed E-state index contributed by atoms with van der Waals surface area (Å²) >= 11 is 0. The van der Waals surface area contributed by atoms with Crippen molar-refractivity contribution in [1.29, 1.82) is 0 Å². The molecule has 9 heteroatoms. The molecule has 0 fully saturated rings. The summed E-state index contributed by atoms with van der Waals surface area (Å²) in [7, 11) is 3.02. The number of rotatable bonds is 3. The Morgan fingerprint density at radius 2 is 0.949 bits per heavy atom. The molecule has 0 unspecified atom stereocenters. The molecule has 3 aromatic heterocycles. The maximum absolute atomic E-state index is 14.1. The van der Waals surface area contributed by atoms with Crippen LogP contribution in [-0.2, 0) is 0 Å². The summed E-state index contributed by atoms with van der Waals surface area (Å²) in [6, 6.07) is 14.8. The zero-order valence-corrected chi connectivity index (χ0v) is 20.7. The minimum atomic E-state index is -0.414. The second kappa shape index (κ2) is 8.03. The Morgan fingerprint density at radius 1 is 0.564 bits per heavy atom. The van der Waals surface area contributed by atoms with Crippen molar-refractivity contribution in [1.82, 2.24) is 15.0 Å². The van der Waals surface area contributed by atoms with Gasteiger partial charge in [-0.2, -0.15) is 0 Å². The van der Waals surface area contributed by atoms with Gasteiger partial charge in [0.25, 0.3) is 0 Å². The molecule has 190 valence electrons. The Hall–Kier alpha value is -5.44. The van der Waals surface area contributed by atoms with Crippen molar-refractivity contribution in [3.05, 3.63) is 90.8 Å². The van der Waals surface area contributed by atoms with Gasteiger partial charge in [0.2, 0.25) is 0 Å². The van der Waals surface area contributed by atoms with E-state index in [1.165, 1.54) is 20.3 Å². The van der Waals surface area contributed by atoms with Crippen LogP contribution in [0.25, 0.3) is 65.4 Å². The van der Waals surface area contributed by atoms with Crippen molar-refractivity contribution >= 4 is 71.7 Å². The third-order valence-corrected chi connectivity index (χ3v) is 7.33. The first-order chi connectivity index (χ1) is 18.9. The molecule has 9 nitrogen and oxygen atoms in total. The Labute approximate surface area is 217 Å². The predicted molar refractivity (Wildman–Crippen MR) is 152 cm³/mol. The first kappa shape index (κ1) is 22.7. The van der Waals surface area contributed by atoms with Gasteiger partial charge in [-0.3, -0.25) is 19.2 Å². The van der Waals surface area contributed by atoms with Gasteiger partial charge in [0, 0.05) is 27.2 Å². The number of benzene rings is 4. The Balaban J connectivity index is 1.85. The SMILES string of the molecule is COc1ccc2[nH]c3c4c(=O)c5cc(C=O)ccc5[nH]c4c4c(=O)c5cc(OC)ccc5[nH]c4c3c(=O)c2c1. The zero-order chi connectivity index (χ0) is 27.0. The number of methoxy groups -OCH3 is 2. The third-order valence-electron chi connectivity index (χ3n) is 7.33. The van der Waals surface area contributed by atoms with E-state index >= 15 is 0 Å². The molecule has 0 aliphatic rings. The van der Waals surface area contributed by atoms with Gasteiger partial charge in [-0.1, -0.05) is 0 Å². The standard InChI is InChI=1S/C30H19N3O6/c1-38-14-4-7-20-17(10-14)30(37)24-26(32-20)22-25(31-19-6-3-13(12-34)9-16(19)28(22)35)23-27(24)33-21-8-5-15(39-2)11-18(21)29(23)36/h3-12H,1-2H3,(H,31,35)(H,32,37)(H,33,36). The highest BCUT2D eigenvalue weighted by Gasteiger charge is 2.22. The maximum Gasteiger partial charge on any atom is 0.199 e. The molecule has 4 aromatic carbocycles. The lowest BCUT2D eigenvalue weighted by Crippen LogP contribution is -2.15. The van der Waals surface area contributed by atoms with Gasteiger partial charge >= 0.3 is 0 Å². The predicted octanol–water partition coefficient (Wildman–Crippen LogP) is 4.50. The number of carbonyl (C=O) groups is 1. The number of hydrogen-bond donors (Lipinski definition) is 3. The minimum absolute atomic E-state index is 0.149. The highest BCUT2D eigenvalue weighted by molar-refractivity contribution is 6.25. The van der Waals surface area contributed by atoms with Gasteiger partial charge in [-0.05, 0) is 54.6 Å². The molecule has 0 aliphatic heterocycles. The van der Waals surface area contributed by atoms with Crippen LogP contribution in [0.4, 0.5) is 0 Å². The summed E-state index contributed by atoms with van der Waals surface area (Å²) in [6.45, 7) is 0. The second-order valence-corrected chi connectivity index (χ2v) is 9.36. The van der Waals surface area contributed by atoms with Gasteiger partial charge < -0.3 is 24.4 Å². The molecule has 0 bridgehead atoms. The summed E-state index contributed by atoms with van der Waals surface area (Å²) in [5.74, 6) is 0.988. The van der Waals surface area contributed by atoms with Gasteiger partial charge in [-0.25, -0.2) is 0 Å². The van der Waals surface area contributed by atoms with Crippen LogP contribution in [0.5, 0.6) is 11.5 Å². The van der Waals surface area contributed by atoms with E-state index in [1.54, 1.807) is 48.5 Å². The minimum Gasteiger partial charge on any atom is -0.497 e. The molecule has 0 atom stereocenters. The molecule has 39 heavy (non-hydrogen) atoms. The number of pyridine rings is 3. The molecule has 7 aromatic rings. The molecule has 3 heterocycles. The van der Waals surface area contributed by atoms with E-state index in [0.717, 1.165) is 0 Å². The number of aromatic nitrogens is 3. The molecule has 7 rings (SSSR count). The first-order valence-electron chi connectivity index (χ1n) is 12.1. The molecular formula is C30H19N3O6. The lowest BCUT2D eigenvalue weighted by atomic mass is 9.98. The number of nitrogens with one attached hydrogen (secondary N) is 3. The van der Waals surface area contributed by atoms with Crippen LogP contribution in [0, 0.1) is 0 Å². The number of fused-ring (bicyclic) bond motifs is 9. The van der Waals surface area contributed by atoms with Crippen LogP contribution >= 0.6 is 0 Å². The van der Waals surface area contributed by atoms with Crippen molar-refractivity contribution < 1.29 is 14.3 Å². The summed E-state index contributed by atoms with van der Waals surface area (Å²) in [6.07, 6.45) is 0.661. The Morgan fingerprint density at radius 3 is 1.33 bits per heavy atom. The summed E-state index contributed by atoms with van der Waals surface area (Å²) in [5, 5.41) is 1.45. The number of ether oxygens (including phenoxy) is 2. The monoisotopic (exact) mass is 517 g/mol. The van der Waals surface area contributed by atoms with E-state index in [1.807, 2.05) is 0 Å². The molecule has 0 aliphatic carbocycles. The van der Waals surface area contributed by atoms with Crippen molar-refractivity contribution in [3.8, 4) is 11.5 Å². The van der Waals surface area contributed by atoms with Crippen LogP contribution in [0.2, 0.25) is 0 Å². The van der Waals surface area contributed by atoms with Crippen molar-refractivity contribution in [2.75, 3.05) is 14.2 Å². The van der Waals surface area contributed by atoms with Crippen molar-refractivity contribution in [2.45, 2.75) is 0 Å². The van der Waals surface area contributed by atoms with E-state index in [2.05, 4.69) is 15.0 Å². The first-order valence-corrected chi connectivity index (χ1v) is 12.1. The Kier molecular flexibility index (Phi) is 4.68. The number of H-pyrrole nitrogens is 3. The summed E-state index contributed by atoms with van der Waals surface area (Å²) in [5.41, 5.74) is 1.51. The lowest BCUT2D eigenvalue weighted by Gasteiger charge is -2.14. The maximum atomic E-state index is 14.1. The topological polar surface area (TPSA) is 134 Å². The fourth-order valence-corrected chi connectivity index (χ4v) is 5.44. The second-order valence-electron chi connectivity index (χ2n) is 9.36. The van der Waals surface area contributed by atoms with Crippen molar-refractivity contribution in [2.24, 2.45) is 0 Å². The number of aromatic amines is 3. The summed E-state index contributed by atoms with van der Waals surface area (Å²) < 4.78 is 10.7. The number of hydrogen-bond acceptors (Lipinski definition) is 6. The number of aldehydes is 1. The molecule has 0 amide bonds. The molecule has 3 N–H and O–H groups in total. The van der Waals surface area contributed by atoms with Gasteiger partial charge in [0.1, 0.15) is 17.8 Å². The fraction of sp³-hybridized carbons (Fsp3) is 0.0667. The van der Waals surface area contributed by atoms with Gasteiger partial charge in [0.05, 0.1) is 58.0 Å². The smallest absolute Gasteiger partial charge is 0.199 e. The average Bonchev–Trinajstić information content (AvgIpc) is 2.96. The van der Waals surface area contributed by atoms with Crippen LogP contribution in [0.15, 0.2) is 69.0 Å². The molecular weight excluding hydrogens is 498 g/mol. The highest BCUT2D eigenvalue weighted by Crippen LogP contribution is 2.32. The van der Waals surface area contributed by atoms with E-state index < -0.39 is 5.43 Å². The quantitative estimate of drug-likeness (QED) is 0.180. The summed E-state index contributed by atoms with van der Waals surface area (Å²) in [4.78, 5) is 63.4. The Bertz CT molecular complexity index is 2330. The van der Waals surface area contributed by atoms with Crippen LogP contribution < -0.4 is 25.8 Å². The van der Waals surface area contributed by atoms with Crippen molar-refractivity contribution in [3.63, 3.8) is 0 Å². The van der Waals surface area contributed by atoms with E-state index in [-0.39, 0.29) is 43.4 Å². The largest absolute Gasteiger partial charge is 0.497 e. The molecule has 0 radical (unpaired) electrons. The lowest BCUT2D eigenvalue weighted by molar-refractivity contribution is 0.112. The highest BCUT2D eigenvalue weighted by atomic mass is 16.5. The fourth-order valence-electron chi connectivity index (χ4n) is 5.44. The van der Waals surface area contributed by atoms with Gasteiger partial charge in [0.15, 0.2) is 16.3 Å². The van der Waals surface area contributed by atoms with E-state index in [0.29, 0.717) is 56.2 Å². The normalized spacial score (nSPS) is 11.7. The average molecular weight is 517 g/mol. The van der Waals surface area contributed by atoms with E-state index in [4.69, 9.17) is 9.47 Å². The van der Waals surface area contributed by atoms with E-state index in [9.17, 15) is 19.2 Å². The van der Waals surface area contributed by atoms with Gasteiger partial charge in [-0.15, -0.1) is 0 Å². The molecule has 0 saturated carbocycles. The van der Waals surface area contributed by atoms with Crippen LogP contribution in [0.1, 0.15) is 10.4 Å². The molecule has 0 saturated heterocycles. The number of carbonyl (C=O) groups excluding carboxylic acids is 1. The van der Waals surface area contributed by atoms with Crippen LogP contribution in [0.3, 0.4) is 0 Å². The molecule has 0 spiro atoms. The third kappa shape index (κ3) is 3.07. The van der Waals surface area contributed by atoms with Crippen LogP contribution in [-0.4, -0.2) is 35.5 Å².